The number of likely N-dealkylation sites (N-methyl/N-ethyl adjacent to an activating group) is 1. The summed E-state index contributed by atoms with van der Waals surface area (Å²) >= 11 is 0. The highest BCUT2D eigenvalue weighted by atomic mass is 16.5. The molecule has 1 aliphatic rings. The summed E-state index contributed by atoms with van der Waals surface area (Å²) in [7, 11) is 2.06. The second kappa shape index (κ2) is 7.76. The largest absolute Gasteiger partial charge is 0.349 e. The van der Waals surface area contributed by atoms with E-state index in [1.807, 2.05) is 31.2 Å². The zero-order valence-corrected chi connectivity index (χ0v) is 15.0. The number of carbonyl (C=O) groups is 1. The van der Waals surface area contributed by atoms with Crippen molar-refractivity contribution in [2.24, 2.45) is 0 Å². The highest BCUT2D eigenvalue weighted by Gasteiger charge is 2.26. The van der Waals surface area contributed by atoms with Crippen molar-refractivity contribution in [3.8, 4) is 0 Å². The van der Waals surface area contributed by atoms with Gasteiger partial charge >= 0.3 is 0 Å². The zero-order chi connectivity index (χ0) is 17.8. The van der Waals surface area contributed by atoms with Gasteiger partial charge in [-0.3, -0.25) is 9.69 Å². The van der Waals surface area contributed by atoms with E-state index >= 15 is 0 Å². The quantitative estimate of drug-likeness (QED) is 0.853. The van der Waals surface area contributed by atoms with E-state index in [4.69, 9.17) is 4.52 Å². The van der Waals surface area contributed by atoms with Crippen molar-refractivity contribution < 1.29 is 9.32 Å². The standard InChI is InChI=1S/C18H25N5O2/c1-12-4-6-14(7-5-12)15(20-13(2)24)10-17-21-18(22-25-17)16-11-19-8-9-23(16)3/h4-7,15-16,19H,8-11H2,1-3H3,(H,20,24). The van der Waals surface area contributed by atoms with Crippen molar-refractivity contribution in [2.45, 2.75) is 32.4 Å². The number of benzene rings is 1. The van der Waals surface area contributed by atoms with E-state index in [0.29, 0.717) is 18.1 Å². The Labute approximate surface area is 147 Å². The zero-order valence-electron chi connectivity index (χ0n) is 15.0. The van der Waals surface area contributed by atoms with Crippen LogP contribution in [0.5, 0.6) is 0 Å². The first-order chi connectivity index (χ1) is 12.0. The lowest BCUT2D eigenvalue weighted by Crippen LogP contribution is -2.44. The molecule has 1 aliphatic heterocycles. The highest BCUT2D eigenvalue weighted by molar-refractivity contribution is 5.73. The van der Waals surface area contributed by atoms with E-state index in [2.05, 4.69) is 32.7 Å². The van der Waals surface area contributed by atoms with Crippen LogP contribution in [0.15, 0.2) is 28.8 Å². The number of piperazine rings is 1. The molecule has 7 heteroatoms. The van der Waals surface area contributed by atoms with Crippen LogP contribution in [0.3, 0.4) is 0 Å². The van der Waals surface area contributed by atoms with Gasteiger partial charge in [0.2, 0.25) is 11.8 Å². The van der Waals surface area contributed by atoms with Gasteiger partial charge in [-0.25, -0.2) is 0 Å². The van der Waals surface area contributed by atoms with E-state index in [9.17, 15) is 4.79 Å². The van der Waals surface area contributed by atoms with Gasteiger partial charge in [0, 0.05) is 26.6 Å². The molecule has 134 valence electrons. The second-order valence-electron chi connectivity index (χ2n) is 6.61. The van der Waals surface area contributed by atoms with Gasteiger partial charge in [0.25, 0.3) is 0 Å². The maximum atomic E-state index is 11.6. The number of aryl methyl sites for hydroxylation is 1. The summed E-state index contributed by atoms with van der Waals surface area (Å²) in [5.74, 6) is 1.14. The molecule has 0 saturated carbocycles. The summed E-state index contributed by atoms with van der Waals surface area (Å²) < 4.78 is 5.46. The van der Waals surface area contributed by atoms with Crippen LogP contribution in [0.1, 0.15) is 41.8 Å². The molecule has 1 aromatic carbocycles. The molecule has 2 N–H and O–H groups in total. The normalized spacial score (nSPS) is 19.6. The molecule has 0 spiro atoms. The number of hydrogen-bond acceptors (Lipinski definition) is 6. The Bertz CT molecular complexity index is 713. The Kier molecular flexibility index (Phi) is 5.45. The molecule has 1 fully saturated rings. The Morgan fingerprint density at radius 3 is 2.88 bits per heavy atom. The number of nitrogens with zero attached hydrogens (tertiary/aromatic N) is 3. The second-order valence-corrected chi connectivity index (χ2v) is 6.61. The van der Waals surface area contributed by atoms with Gasteiger partial charge in [0.15, 0.2) is 5.82 Å². The molecule has 25 heavy (non-hydrogen) atoms. The molecule has 2 atom stereocenters. The van der Waals surface area contributed by atoms with Gasteiger partial charge in [-0.1, -0.05) is 35.0 Å². The maximum absolute atomic E-state index is 11.6. The molecule has 1 amide bonds. The van der Waals surface area contributed by atoms with Crippen LogP contribution in [-0.4, -0.2) is 47.6 Å². The van der Waals surface area contributed by atoms with Gasteiger partial charge in [-0.15, -0.1) is 0 Å². The molecular weight excluding hydrogens is 318 g/mol. The van der Waals surface area contributed by atoms with E-state index in [0.717, 1.165) is 25.2 Å². The van der Waals surface area contributed by atoms with Gasteiger partial charge in [-0.05, 0) is 19.5 Å². The van der Waals surface area contributed by atoms with Crippen LogP contribution in [0.2, 0.25) is 0 Å². The minimum absolute atomic E-state index is 0.0819. The van der Waals surface area contributed by atoms with E-state index in [-0.39, 0.29) is 18.0 Å². The van der Waals surface area contributed by atoms with Crippen LogP contribution >= 0.6 is 0 Å². The molecule has 2 aromatic rings. The van der Waals surface area contributed by atoms with E-state index in [1.54, 1.807) is 0 Å². The number of hydrogen-bond donors (Lipinski definition) is 2. The average Bonchev–Trinajstić information content (AvgIpc) is 3.03. The van der Waals surface area contributed by atoms with Gasteiger partial charge in [0.05, 0.1) is 18.5 Å². The molecule has 7 nitrogen and oxygen atoms in total. The number of rotatable bonds is 5. The van der Waals surface area contributed by atoms with E-state index < -0.39 is 0 Å². The minimum atomic E-state index is -0.186. The monoisotopic (exact) mass is 343 g/mol. The molecule has 3 rings (SSSR count). The lowest BCUT2D eigenvalue weighted by atomic mass is 10.0. The van der Waals surface area contributed by atoms with Crippen molar-refractivity contribution in [3.05, 3.63) is 47.1 Å². The fourth-order valence-electron chi connectivity index (χ4n) is 3.05. The van der Waals surface area contributed by atoms with Crippen molar-refractivity contribution in [2.75, 3.05) is 26.7 Å². The number of amides is 1. The Hall–Kier alpha value is -2.25. The molecule has 0 bridgehead atoms. The van der Waals surface area contributed by atoms with Gasteiger partial charge in [-0.2, -0.15) is 4.98 Å². The fourth-order valence-corrected chi connectivity index (χ4v) is 3.05. The molecular formula is C18H25N5O2. The Morgan fingerprint density at radius 1 is 1.44 bits per heavy atom. The Balaban J connectivity index is 1.75. The first kappa shape index (κ1) is 17.6. The molecule has 2 unspecified atom stereocenters. The van der Waals surface area contributed by atoms with Crippen molar-refractivity contribution >= 4 is 5.91 Å². The van der Waals surface area contributed by atoms with Crippen LogP contribution in [0.4, 0.5) is 0 Å². The minimum Gasteiger partial charge on any atom is -0.349 e. The maximum Gasteiger partial charge on any atom is 0.229 e. The molecule has 0 radical (unpaired) electrons. The molecule has 2 heterocycles. The van der Waals surface area contributed by atoms with Gasteiger partial charge < -0.3 is 15.2 Å². The predicted molar refractivity (Wildman–Crippen MR) is 94.0 cm³/mol. The highest BCUT2D eigenvalue weighted by Crippen LogP contribution is 2.21. The summed E-state index contributed by atoms with van der Waals surface area (Å²) in [6, 6.07) is 8.04. The third kappa shape index (κ3) is 4.43. The van der Waals surface area contributed by atoms with Crippen LogP contribution in [-0.2, 0) is 11.2 Å². The summed E-state index contributed by atoms with van der Waals surface area (Å²) in [4.78, 5) is 18.4. The lowest BCUT2D eigenvalue weighted by molar-refractivity contribution is -0.119. The molecule has 1 aromatic heterocycles. The summed E-state index contributed by atoms with van der Waals surface area (Å²) in [5, 5.41) is 10.5. The summed E-state index contributed by atoms with van der Waals surface area (Å²) in [6.07, 6.45) is 0.472. The third-order valence-electron chi connectivity index (χ3n) is 4.53. The average molecular weight is 343 g/mol. The van der Waals surface area contributed by atoms with E-state index in [1.165, 1.54) is 12.5 Å². The summed E-state index contributed by atoms with van der Waals surface area (Å²) in [6.45, 7) is 6.28. The molecule has 0 aliphatic carbocycles. The van der Waals surface area contributed by atoms with Gasteiger partial charge in [0.1, 0.15) is 0 Å². The molecule has 1 saturated heterocycles. The van der Waals surface area contributed by atoms with Crippen molar-refractivity contribution in [3.63, 3.8) is 0 Å². The lowest BCUT2D eigenvalue weighted by Gasteiger charge is -2.30. The SMILES string of the molecule is CC(=O)NC(Cc1nc(C2CNCCN2C)no1)c1ccc(C)cc1. The first-order valence-electron chi connectivity index (χ1n) is 8.60. The van der Waals surface area contributed by atoms with Crippen molar-refractivity contribution in [1.82, 2.24) is 25.7 Å². The Morgan fingerprint density at radius 2 is 2.20 bits per heavy atom. The smallest absolute Gasteiger partial charge is 0.229 e. The van der Waals surface area contributed by atoms with Crippen LogP contribution in [0, 0.1) is 6.92 Å². The van der Waals surface area contributed by atoms with Crippen molar-refractivity contribution in [1.29, 1.82) is 0 Å². The first-order valence-corrected chi connectivity index (χ1v) is 8.60. The summed E-state index contributed by atoms with van der Waals surface area (Å²) in [5.41, 5.74) is 2.20. The number of aromatic nitrogens is 2. The topological polar surface area (TPSA) is 83.3 Å². The third-order valence-corrected chi connectivity index (χ3v) is 4.53. The van der Waals surface area contributed by atoms with Crippen LogP contribution < -0.4 is 10.6 Å². The van der Waals surface area contributed by atoms with Crippen LogP contribution in [0.25, 0.3) is 0 Å². The predicted octanol–water partition coefficient (Wildman–Crippen LogP) is 1.37. The number of nitrogens with one attached hydrogen (secondary N) is 2. The number of carbonyl (C=O) groups excluding carboxylic acids is 1. The fraction of sp³-hybridized carbons (Fsp3) is 0.500.